The zero-order valence-corrected chi connectivity index (χ0v) is 11.8. The molecule has 0 aliphatic carbocycles. The van der Waals surface area contributed by atoms with Crippen LogP contribution in [-0.2, 0) is 4.79 Å². The first-order valence-corrected chi connectivity index (χ1v) is 6.52. The number of halogens is 1. The molecule has 0 heterocycles. The molecule has 0 atom stereocenters. The highest BCUT2D eigenvalue weighted by Gasteiger charge is 2.00. The van der Waals surface area contributed by atoms with Gasteiger partial charge in [0.05, 0.1) is 16.1 Å². The minimum absolute atomic E-state index is 0.709. The number of carboxylic acid groups (broad SMARTS) is 1. The average molecular weight is 345 g/mol. The lowest BCUT2D eigenvalue weighted by Gasteiger charge is -2.08. The number of rotatable bonds is 6. The van der Waals surface area contributed by atoms with E-state index in [2.05, 4.69) is 29.5 Å². The van der Waals surface area contributed by atoms with Crippen molar-refractivity contribution in [3.8, 4) is 5.75 Å². The first-order chi connectivity index (χ1) is 8.13. The van der Waals surface area contributed by atoms with Crippen LogP contribution in [0.2, 0.25) is 0 Å². The van der Waals surface area contributed by atoms with Crippen molar-refractivity contribution in [2.45, 2.75) is 19.8 Å². The molecule has 0 N–H and O–H groups in total. The molecule has 0 bridgehead atoms. The van der Waals surface area contributed by atoms with Gasteiger partial charge in [-0.2, -0.15) is 0 Å². The summed E-state index contributed by atoms with van der Waals surface area (Å²) in [7, 11) is 0. The zero-order valence-electron chi connectivity index (χ0n) is 9.61. The van der Waals surface area contributed by atoms with Crippen molar-refractivity contribution in [1.29, 1.82) is 0 Å². The summed E-state index contributed by atoms with van der Waals surface area (Å²) in [5.74, 6) is -0.354. The van der Waals surface area contributed by atoms with E-state index >= 15 is 0 Å². The summed E-state index contributed by atoms with van der Waals surface area (Å²) in [5.41, 5.74) is 0.821. The fraction of sp³-hybridized carbons (Fsp3) is 0.308. The van der Waals surface area contributed by atoms with E-state index in [0.29, 0.717) is 6.61 Å². The van der Waals surface area contributed by atoms with Crippen molar-refractivity contribution in [2.24, 2.45) is 0 Å². The van der Waals surface area contributed by atoms with Crippen molar-refractivity contribution in [2.75, 3.05) is 6.61 Å². The number of aliphatic carboxylic acids is 1. The average Bonchev–Trinajstić information content (AvgIpc) is 2.29. The lowest BCUT2D eigenvalue weighted by Crippen LogP contribution is -2.18. The third-order valence-electron chi connectivity index (χ3n) is 2.12. The molecule has 0 spiro atoms. The second kappa shape index (κ2) is 7.32. The van der Waals surface area contributed by atoms with Crippen molar-refractivity contribution in [1.82, 2.24) is 0 Å². The Morgan fingerprint density at radius 2 is 2.29 bits per heavy atom. The van der Waals surface area contributed by atoms with Gasteiger partial charge in [0, 0.05) is 0 Å². The van der Waals surface area contributed by atoms with E-state index in [9.17, 15) is 9.90 Å². The van der Waals surface area contributed by atoms with Crippen molar-refractivity contribution < 1.29 is 14.6 Å². The molecule has 0 fully saturated rings. The highest BCUT2D eigenvalue weighted by atomic mass is 127. The summed E-state index contributed by atoms with van der Waals surface area (Å²) in [6.45, 7) is 2.82. The molecule has 17 heavy (non-hydrogen) atoms. The fourth-order valence-electron chi connectivity index (χ4n) is 1.23. The maximum atomic E-state index is 10.3. The summed E-state index contributed by atoms with van der Waals surface area (Å²) in [6.07, 6.45) is 4.65. The smallest absolute Gasteiger partial charge is 0.132 e. The van der Waals surface area contributed by atoms with Gasteiger partial charge in [-0.3, -0.25) is 0 Å². The topological polar surface area (TPSA) is 49.4 Å². The number of hydrogen-bond acceptors (Lipinski definition) is 3. The Morgan fingerprint density at radius 1 is 1.53 bits per heavy atom. The highest BCUT2D eigenvalue weighted by molar-refractivity contribution is 14.1. The van der Waals surface area contributed by atoms with E-state index in [1.807, 2.05) is 18.2 Å². The third kappa shape index (κ3) is 5.21. The van der Waals surface area contributed by atoms with Crippen molar-refractivity contribution >= 4 is 34.6 Å². The molecule has 4 heteroatoms. The second-order valence-electron chi connectivity index (χ2n) is 3.54. The summed E-state index contributed by atoms with van der Waals surface area (Å²) in [5, 5.41) is 10.3. The van der Waals surface area contributed by atoms with Crippen LogP contribution in [0.3, 0.4) is 0 Å². The molecule has 1 rings (SSSR count). The monoisotopic (exact) mass is 345 g/mol. The van der Waals surface area contributed by atoms with E-state index in [1.54, 1.807) is 0 Å². The molecule has 0 aliphatic heterocycles. The zero-order chi connectivity index (χ0) is 12.7. The van der Waals surface area contributed by atoms with Gasteiger partial charge in [0.2, 0.25) is 0 Å². The van der Waals surface area contributed by atoms with E-state index < -0.39 is 5.97 Å². The van der Waals surface area contributed by atoms with Crippen LogP contribution in [0.1, 0.15) is 25.3 Å². The quantitative estimate of drug-likeness (QED) is 0.451. The molecule has 0 unspecified atom stereocenters. The molecular weight excluding hydrogens is 331 g/mol. The van der Waals surface area contributed by atoms with E-state index in [0.717, 1.165) is 33.8 Å². The molecule has 0 radical (unpaired) electrons. The van der Waals surface area contributed by atoms with Crippen molar-refractivity contribution in [3.05, 3.63) is 33.4 Å². The molecule has 0 amide bonds. The third-order valence-corrected chi connectivity index (χ3v) is 2.97. The molecule has 3 nitrogen and oxygen atoms in total. The lowest BCUT2D eigenvalue weighted by molar-refractivity contribution is -0.297. The normalized spacial score (nSPS) is 10.7. The number of carboxylic acids is 1. The molecular formula is C13H14IO3-. The van der Waals surface area contributed by atoms with Gasteiger partial charge in [-0.1, -0.05) is 25.5 Å². The maximum absolute atomic E-state index is 10.3. The number of hydrogen-bond donors (Lipinski definition) is 0. The first-order valence-electron chi connectivity index (χ1n) is 5.45. The van der Waals surface area contributed by atoms with Crippen LogP contribution in [-0.4, -0.2) is 12.6 Å². The van der Waals surface area contributed by atoms with Crippen LogP contribution in [0.4, 0.5) is 0 Å². The van der Waals surface area contributed by atoms with Crippen LogP contribution < -0.4 is 9.84 Å². The minimum Gasteiger partial charge on any atom is -0.545 e. The number of ether oxygens (including phenoxy) is 1. The second-order valence-corrected chi connectivity index (χ2v) is 4.71. The van der Waals surface area contributed by atoms with Gasteiger partial charge in [-0.05, 0) is 52.8 Å². The van der Waals surface area contributed by atoms with Gasteiger partial charge in [0.25, 0.3) is 0 Å². The van der Waals surface area contributed by atoms with Gasteiger partial charge in [-0.15, -0.1) is 0 Å². The SMILES string of the molecule is CCCCOc1ccc(/C=C/C(=O)[O-])cc1I. The summed E-state index contributed by atoms with van der Waals surface area (Å²) >= 11 is 2.17. The molecule has 0 saturated heterocycles. The van der Waals surface area contributed by atoms with E-state index in [4.69, 9.17) is 4.74 Å². The first kappa shape index (κ1) is 14.0. The van der Waals surface area contributed by atoms with E-state index in [1.165, 1.54) is 6.08 Å². The van der Waals surface area contributed by atoms with E-state index in [-0.39, 0.29) is 0 Å². The van der Waals surface area contributed by atoms with Crippen LogP contribution in [0.5, 0.6) is 5.75 Å². The predicted molar refractivity (Wildman–Crippen MR) is 73.6 cm³/mol. The Kier molecular flexibility index (Phi) is 6.04. The molecule has 1 aromatic carbocycles. The minimum atomic E-state index is -1.19. The van der Waals surface area contributed by atoms with Gasteiger partial charge in [0.1, 0.15) is 5.75 Å². The number of benzene rings is 1. The lowest BCUT2D eigenvalue weighted by atomic mass is 10.2. The molecule has 0 saturated carbocycles. The van der Waals surface area contributed by atoms with Crippen LogP contribution >= 0.6 is 22.6 Å². The maximum Gasteiger partial charge on any atom is 0.132 e. The standard InChI is InChI=1S/C13H15IO3/c1-2-3-8-17-12-6-4-10(9-11(12)14)5-7-13(15)16/h4-7,9H,2-3,8H2,1H3,(H,15,16)/p-1/b7-5+. The van der Waals surface area contributed by atoms with Crippen molar-refractivity contribution in [3.63, 3.8) is 0 Å². The summed E-state index contributed by atoms with van der Waals surface area (Å²) < 4.78 is 6.57. The number of carbonyl (C=O) groups is 1. The van der Waals surface area contributed by atoms with Gasteiger partial charge < -0.3 is 14.6 Å². The number of unbranched alkanes of at least 4 members (excludes halogenated alkanes) is 1. The largest absolute Gasteiger partial charge is 0.545 e. The van der Waals surface area contributed by atoms with Gasteiger partial charge in [-0.25, -0.2) is 0 Å². The summed E-state index contributed by atoms with van der Waals surface area (Å²) in [6, 6.07) is 5.55. The Bertz CT molecular complexity index is 413. The fourth-order valence-corrected chi connectivity index (χ4v) is 1.92. The number of carbonyl (C=O) groups excluding carboxylic acids is 1. The van der Waals surface area contributed by atoms with Gasteiger partial charge in [0.15, 0.2) is 0 Å². The van der Waals surface area contributed by atoms with Crippen LogP contribution in [0.15, 0.2) is 24.3 Å². The van der Waals surface area contributed by atoms with Gasteiger partial charge >= 0.3 is 0 Å². The molecule has 92 valence electrons. The summed E-state index contributed by atoms with van der Waals surface area (Å²) in [4.78, 5) is 10.3. The Balaban J connectivity index is 2.69. The highest BCUT2D eigenvalue weighted by Crippen LogP contribution is 2.22. The van der Waals surface area contributed by atoms with Crippen LogP contribution in [0, 0.1) is 3.57 Å². The Labute approximate surface area is 115 Å². The predicted octanol–water partition coefficient (Wildman–Crippen LogP) is 2.23. The molecule has 0 aliphatic rings. The molecule has 0 aromatic heterocycles. The van der Waals surface area contributed by atoms with Crippen LogP contribution in [0.25, 0.3) is 6.08 Å². The Hall–Kier alpha value is -1.04. The Morgan fingerprint density at radius 3 is 2.88 bits per heavy atom. The molecule has 1 aromatic rings.